The maximum Gasteiger partial charge on any atom is 0.410 e. The number of hydrogen-bond donors (Lipinski definition) is 0. The van der Waals surface area contributed by atoms with Crippen LogP contribution in [0.25, 0.3) is 0 Å². The molecule has 2 amide bonds. The smallest absolute Gasteiger partial charge is 0.410 e. The number of hydrogen-bond acceptors (Lipinski definition) is 4. The predicted molar refractivity (Wildman–Crippen MR) is 129 cm³/mol. The van der Waals surface area contributed by atoms with E-state index in [1.165, 1.54) is 5.56 Å². The minimum absolute atomic E-state index is 0.196. The normalized spacial score (nSPS) is 24.7. The lowest BCUT2D eigenvalue weighted by Crippen LogP contribution is -2.50. The molecule has 6 nitrogen and oxygen atoms in total. The maximum atomic E-state index is 14.0. The molecule has 2 aromatic rings. The van der Waals surface area contributed by atoms with Gasteiger partial charge in [0, 0.05) is 39.3 Å². The van der Waals surface area contributed by atoms with Crippen LogP contribution < -0.4 is 0 Å². The predicted octanol–water partition coefficient (Wildman–Crippen LogP) is 4.45. The molecule has 3 saturated heterocycles. The molecule has 0 aromatic heterocycles. The molecule has 1 atom stereocenters. The van der Waals surface area contributed by atoms with Crippen LogP contribution in [-0.2, 0) is 26.2 Å². The van der Waals surface area contributed by atoms with Crippen molar-refractivity contribution in [3.8, 4) is 0 Å². The van der Waals surface area contributed by atoms with Gasteiger partial charge in [0.1, 0.15) is 5.60 Å². The fourth-order valence-electron chi connectivity index (χ4n) is 5.77. The highest BCUT2D eigenvalue weighted by molar-refractivity contribution is 5.88. The van der Waals surface area contributed by atoms with Crippen LogP contribution in [-0.4, -0.2) is 60.2 Å². The molecule has 180 valence electrons. The number of nitrogens with zero attached hydrogens (tertiary/aromatic N) is 2. The molecule has 3 aliphatic rings. The Morgan fingerprint density at radius 2 is 1.68 bits per heavy atom. The molecule has 0 N–H and O–H groups in total. The molecule has 0 unspecified atom stereocenters. The number of benzene rings is 2. The van der Waals surface area contributed by atoms with Crippen molar-refractivity contribution in [1.29, 1.82) is 0 Å². The van der Waals surface area contributed by atoms with Crippen LogP contribution in [0.15, 0.2) is 54.6 Å². The number of likely N-dealkylation sites (tertiary alicyclic amines) is 1. The Hall–Kier alpha value is -2.86. The van der Waals surface area contributed by atoms with Crippen molar-refractivity contribution < 1.29 is 19.1 Å². The van der Waals surface area contributed by atoms with Crippen LogP contribution in [0.5, 0.6) is 0 Å². The van der Waals surface area contributed by atoms with Crippen LogP contribution >= 0.6 is 0 Å². The third kappa shape index (κ3) is 4.43. The van der Waals surface area contributed by atoms with E-state index in [4.69, 9.17) is 9.47 Å². The van der Waals surface area contributed by atoms with Crippen molar-refractivity contribution in [2.75, 3.05) is 32.8 Å². The van der Waals surface area contributed by atoms with Crippen molar-refractivity contribution in [1.82, 2.24) is 9.80 Å². The molecule has 6 heteroatoms. The zero-order valence-corrected chi connectivity index (χ0v) is 20.0. The number of rotatable bonds is 4. The van der Waals surface area contributed by atoms with Gasteiger partial charge >= 0.3 is 6.09 Å². The summed E-state index contributed by atoms with van der Waals surface area (Å²) in [4.78, 5) is 30.6. The Labute approximate surface area is 201 Å². The molecule has 3 aliphatic heterocycles. The lowest BCUT2D eigenvalue weighted by atomic mass is 9.72. The van der Waals surface area contributed by atoms with Crippen molar-refractivity contribution >= 4 is 12.0 Å². The van der Waals surface area contributed by atoms with Gasteiger partial charge in [0.15, 0.2) is 0 Å². The molecule has 1 spiro atoms. The van der Waals surface area contributed by atoms with Gasteiger partial charge in [-0.1, -0.05) is 60.2 Å². The summed E-state index contributed by atoms with van der Waals surface area (Å²) in [6.07, 6.45) is 3.46. The first kappa shape index (κ1) is 22.9. The molecule has 3 heterocycles. The highest BCUT2D eigenvalue weighted by atomic mass is 16.6. The van der Waals surface area contributed by atoms with Crippen LogP contribution in [0.4, 0.5) is 4.79 Å². The van der Waals surface area contributed by atoms with E-state index < -0.39 is 11.0 Å². The summed E-state index contributed by atoms with van der Waals surface area (Å²) in [6, 6.07) is 18.4. The first-order valence-corrected chi connectivity index (χ1v) is 12.5. The number of amides is 2. The molecular formula is C28H34N2O4. The van der Waals surface area contributed by atoms with Gasteiger partial charge in [-0.25, -0.2) is 4.79 Å². The zero-order chi connectivity index (χ0) is 23.6. The first-order valence-electron chi connectivity index (χ1n) is 12.5. The molecule has 0 bridgehead atoms. The Kier molecular flexibility index (Phi) is 6.34. The van der Waals surface area contributed by atoms with Crippen LogP contribution in [0.1, 0.15) is 48.8 Å². The lowest BCUT2D eigenvalue weighted by Gasteiger charge is -2.40. The number of aryl methyl sites for hydroxylation is 1. The Morgan fingerprint density at radius 1 is 0.941 bits per heavy atom. The van der Waals surface area contributed by atoms with Gasteiger partial charge in [0.25, 0.3) is 0 Å². The molecule has 0 aliphatic carbocycles. The van der Waals surface area contributed by atoms with E-state index in [2.05, 4.69) is 31.2 Å². The first-order chi connectivity index (χ1) is 16.5. The highest BCUT2D eigenvalue weighted by Gasteiger charge is 2.49. The fraction of sp³-hybridized carbons (Fsp3) is 0.500. The van der Waals surface area contributed by atoms with E-state index in [0.29, 0.717) is 58.7 Å². The summed E-state index contributed by atoms with van der Waals surface area (Å²) in [7, 11) is 0. The second kappa shape index (κ2) is 9.41. The quantitative estimate of drug-likeness (QED) is 0.674. The number of carbonyl (C=O) groups excluding carboxylic acids is 2. The Bertz CT molecular complexity index is 1020. The van der Waals surface area contributed by atoms with Gasteiger partial charge in [-0.05, 0) is 43.7 Å². The number of carbonyl (C=O) groups is 2. The third-order valence-corrected chi connectivity index (χ3v) is 7.80. The topological polar surface area (TPSA) is 59.1 Å². The average Bonchev–Trinajstić information content (AvgIpc) is 3.02. The van der Waals surface area contributed by atoms with E-state index in [9.17, 15) is 9.59 Å². The molecule has 34 heavy (non-hydrogen) atoms. The standard InChI is InChI=1S/C28H34N2O4/c1-22-8-10-24(11-9-22)28(14-18-33-19-15-28)25(31)29-16-5-12-27(13-17-29)21-30(26(32)34-27)20-23-6-3-2-4-7-23/h2-4,6-11H,5,12-21H2,1H3/t27-/m0/s1. The summed E-state index contributed by atoms with van der Waals surface area (Å²) in [5.74, 6) is 0.196. The third-order valence-electron chi connectivity index (χ3n) is 7.80. The molecular weight excluding hydrogens is 428 g/mol. The van der Waals surface area contributed by atoms with E-state index >= 15 is 0 Å². The van der Waals surface area contributed by atoms with E-state index in [1.54, 1.807) is 4.90 Å². The zero-order valence-electron chi connectivity index (χ0n) is 20.0. The van der Waals surface area contributed by atoms with Gasteiger partial charge in [0.05, 0.1) is 12.0 Å². The molecule has 3 fully saturated rings. The number of ether oxygens (including phenoxy) is 2. The van der Waals surface area contributed by atoms with Crippen LogP contribution in [0.2, 0.25) is 0 Å². The van der Waals surface area contributed by atoms with Crippen molar-refractivity contribution in [3.63, 3.8) is 0 Å². The SMILES string of the molecule is Cc1ccc(C2(C(=O)N3CCC[C@]4(CC3)CN(Cc3ccccc3)C(=O)O4)CCOCC2)cc1. The van der Waals surface area contributed by atoms with Gasteiger partial charge in [-0.15, -0.1) is 0 Å². The highest BCUT2D eigenvalue weighted by Crippen LogP contribution is 2.39. The molecule has 0 radical (unpaired) electrons. The minimum Gasteiger partial charge on any atom is -0.441 e. The van der Waals surface area contributed by atoms with Gasteiger partial charge in [0.2, 0.25) is 5.91 Å². The molecule has 5 rings (SSSR count). The second-order valence-corrected chi connectivity index (χ2v) is 10.1. The summed E-state index contributed by atoms with van der Waals surface area (Å²) in [5, 5.41) is 0. The maximum absolute atomic E-state index is 14.0. The minimum atomic E-state index is -0.533. The van der Waals surface area contributed by atoms with Gasteiger partial charge in [-0.2, -0.15) is 0 Å². The van der Waals surface area contributed by atoms with Crippen molar-refractivity contribution in [2.24, 2.45) is 0 Å². The average molecular weight is 463 g/mol. The van der Waals surface area contributed by atoms with E-state index in [0.717, 1.165) is 24.0 Å². The largest absolute Gasteiger partial charge is 0.441 e. The fourth-order valence-corrected chi connectivity index (χ4v) is 5.77. The van der Waals surface area contributed by atoms with Crippen LogP contribution in [0.3, 0.4) is 0 Å². The summed E-state index contributed by atoms with van der Waals surface area (Å²) in [6.45, 7) is 5.72. The molecule has 2 aromatic carbocycles. The molecule has 0 saturated carbocycles. The van der Waals surface area contributed by atoms with Gasteiger partial charge < -0.3 is 14.4 Å². The van der Waals surface area contributed by atoms with Crippen molar-refractivity contribution in [2.45, 2.75) is 56.6 Å². The second-order valence-electron chi connectivity index (χ2n) is 10.1. The monoisotopic (exact) mass is 462 g/mol. The van der Waals surface area contributed by atoms with E-state index in [-0.39, 0.29) is 12.0 Å². The summed E-state index contributed by atoms with van der Waals surface area (Å²) in [5.41, 5.74) is 2.34. The van der Waals surface area contributed by atoms with Crippen LogP contribution in [0, 0.1) is 6.92 Å². The lowest BCUT2D eigenvalue weighted by molar-refractivity contribution is -0.141. The Morgan fingerprint density at radius 3 is 2.41 bits per heavy atom. The van der Waals surface area contributed by atoms with Gasteiger partial charge in [-0.3, -0.25) is 9.69 Å². The van der Waals surface area contributed by atoms with E-state index in [1.807, 2.05) is 35.2 Å². The summed E-state index contributed by atoms with van der Waals surface area (Å²) >= 11 is 0. The Balaban J connectivity index is 1.30. The summed E-state index contributed by atoms with van der Waals surface area (Å²) < 4.78 is 11.6. The van der Waals surface area contributed by atoms with Crippen molar-refractivity contribution in [3.05, 3.63) is 71.3 Å².